The van der Waals surface area contributed by atoms with Crippen molar-refractivity contribution in [3.63, 3.8) is 0 Å². The Labute approximate surface area is 156 Å². The molecule has 1 heterocycles. The molecule has 0 aromatic heterocycles. The predicted molar refractivity (Wildman–Crippen MR) is 95.5 cm³/mol. The summed E-state index contributed by atoms with van der Waals surface area (Å²) in [6.07, 6.45) is 3.33. The minimum absolute atomic E-state index is 0.0295. The topological polar surface area (TPSA) is 74.3 Å². The van der Waals surface area contributed by atoms with E-state index < -0.39 is 5.79 Å². The maximum absolute atomic E-state index is 12.6. The van der Waals surface area contributed by atoms with E-state index in [1.807, 2.05) is 6.92 Å². The second-order valence-electron chi connectivity index (χ2n) is 6.87. The van der Waals surface area contributed by atoms with Gasteiger partial charge in [0.25, 0.3) is 0 Å². The van der Waals surface area contributed by atoms with Gasteiger partial charge in [-0.05, 0) is 33.2 Å². The van der Waals surface area contributed by atoms with Gasteiger partial charge in [0.2, 0.25) is 0 Å². The molecule has 0 aromatic carbocycles. The van der Waals surface area contributed by atoms with Crippen LogP contribution in [0.25, 0.3) is 0 Å². The molecule has 1 aliphatic carbocycles. The summed E-state index contributed by atoms with van der Waals surface area (Å²) < 4.78 is 22.1. The zero-order valence-corrected chi connectivity index (χ0v) is 16.3. The van der Waals surface area contributed by atoms with E-state index in [0.717, 1.165) is 25.8 Å². The molecule has 1 saturated heterocycles. The van der Waals surface area contributed by atoms with Crippen molar-refractivity contribution in [3.05, 3.63) is 0 Å². The van der Waals surface area contributed by atoms with Gasteiger partial charge in [0.05, 0.1) is 38.8 Å². The van der Waals surface area contributed by atoms with Crippen LogP contribution in [0.4, 0.5) is 0 Å². The van der Waals surface area contributed by atoms with Crippen molar-refractivity contribution in [3.8, 4) is 0 Å². The van der Waals surface area contributed by atoms with Crippen LogP contribution >= 0.6 is 0 Å². The van der Waals surface area contributed by atoms with E-state index in [-0.39, 0.29) is 23.9 Å². The molecular weight excluding hydrogens is 338 g/mol. The zero-order valence-electron chi connectivity index (χ0n) is 16.3. The van der Waals surface area contributed by atoms with Crippen molar-refractivity contribution in [2.75, 3.05) is 39.5 Å². The first kappa shape index (κ1) is 21.1. The quantitative estimate of drug-likeness (QED) is 0.575. The van der Waals surface area contributed by atoms with Crippen LogP contribution in [0.3, 0.4) is 0 Å². The van der Waals surface area contributed by atoms with Crippen LogP contribution < -0.4 is 0 Å². The van der Waals surface area contributed by atoms with Gasteiger partial charge in [0.1, 0.15) is 0 Å². The monoisotopic (exact) mass is 371 g/mol. The van der Waals surface area contributed by atoms with Crippen molar-refractivity contribution in [1.29, 1.82) is 0 Å². The van der Waals surface area contributed by atoms with Crippen LogP contribution in [0.5, 0.6) is 0 Å². The molecule has 1 saturated carbocycles. The summed E-state index contributed by atoms with van der Waals surface area (Å²) in [6.45, 7) is 9.02. The molecule has 26 heavy (non-hydrogen) atoms. The lowest BCUT2D eigenvalue weighted by molar-refractivity contribution is -0.204. The number of nitrogens with zero attached hydrogens (tertiary/aromatic N) is 1. The van der Waals surface area contributed by atoms with E-state index in [9.17, 15) is 9.59 Å². The number of ether oxygens (including phenoxy) is 4. The van der Waals surface area contributed by atoms with Crippen molar-refractivity contribution in [2.24, 2.45) is 5.92 Å². The fourth-order valence-corrected chi connectivity index (χ4v) is 4.03. The Morgan fingerprint density at radius 1 is 1.08 bits per heavy atom. The van der Waals surface area contributed by atoms with Gasteiger partial charge in [0.15, 0.2) is 5.79 Å². The molecule has 0 N–H and O–H groups in total. The summed E-state index contributed by atoms with van der Waals surface area (Å²) in [4.78, 5) is 26.7. The normalized spacial score (nSPS) is 24.8. The van der Waals surface area contributed by atoms with E-state index in [1.165, 1.54) is 0 Å². The first-order chi connectivity index (χ1) is 12.5. The molecule has 2 fully saturated rings. The summed E-state index contributed by atoms with van der Waals surface area (Å²) in [5.41, 5.74) is 0. The molecule has 0 unspecified atom stereocenters. The third kappa shape index (κ3) is 5.41. The Morgan fingerprint density at radius 3 is 2.38 bits per heavy atom. The summed E-state index contributed by atoms with van der Waals surface area (Å²) in [6, 6.07) is 0.0295. The van der Waals surface area contributed by atoms with E-state index in [4.69, 9.17) is 18.9 Å². The molecule has 2 aliphatic rings. The molecule has 7 heteroatoms. The van der Waals surface area contributed by atoms with Crippen LogP contribution in [0.2, 0.25) is 0 Å². The average Bonchev–Trinajstić information content (AvgIpc) is 3.07. The van der Waals surface area contributed by atoms with E-state index in [0.29, 0.717) is 45.8 Å². The lowest BCUT2D eigenvalue weighted by Crippen LogP contribution is -2.53. The number of hydrogen-bond acceptors (Lipinski definition) is 7. The first-order valence-electron chi connectivity index (χ1n) is 9.89. The molecule has 2 atom stereocenters. The summed E-state index contributed by atoms with van der Waals surface area (Å²) in [5.74, 6) is -1.35. The highest BCUT2D eigenvalue weighted by molar-refractivity contribution is 5.73. The van der Waals surface area contributed by atoms with Gasteiger partial charge in [-0.2, -0.15) is 0 Å². The smallest absolute Gasteiger partial charge is 0.310 e. The second kappa shape index (κ2) is 10.2. The SMILES string of the molecule is CCCN(CCC(=O)OCC)[C@@H]1CCC2(C[C@H]1C(=O)OCC)OCCO2. The first-order valence-corrected chi connectivity index (χ1v) is 9.89. The zero-order chi connectivity index (χ0) is 19.0. The van der Waals surface area contributed by atoms with Gasteiger partial charge in [0, 0.05) is 25.4 Å². The van der Waals surface area contributed by atoms with E-state index in [1.54, 1.807) is 6.92 Å². The third-order valence-corrected chi connectivity index (χ3v) is 5.11. The van der Waals surface area contributed by atoms with Crippen LogP contribution in [0, 0.1) is 5.92 Å². The molecule has 150 valence electrons. The van der Waals surface area contributed by atoms with Crippen molar-refractivity contribution in [2.45, 2.75) is 64.7 Å². The summed E-state index contributed by atoms with van der Waals surface area (Å²) in [7, 11) is 0. The number of esters is 2. The Bertz CT molecular complexity index is 463. The fraction of sp³-hybridized carbons (Fsp3) is 0.895. The van der Waals surface area contributed by atoms with Gasteiger partial charge < -0.3 is 18.9 Å². The minimum Gasteiger partial charge on any atom is -0.466 e. The lowest BCUT2D eigenvalue weighted by Gasteiger charge is -2.44. The predicted octanol–water partition coefficient (Wildman–Crippen LogP) is 2.13. The fourth-order valence-electron chi connectivity index (χ4n) is 4.03. The van der Waals surface area contributed by atoms with Crippen molar-refractivity contribution in [1.82, 2.24) is 4.90 Å². The Balaban J connectivity index is 2.09. The molecule has 0 amide bonds. The number of hydrogen-bond donors (Lipinski definition) is 0. The molecule has 1 aliphatic heterocycles. The molecular formula is C19H33NO6. The molecule has 0 bridgehead atoms. The van der Waals surface area contributed by atoms with E-state index in [2.05, 4.69) is 11.8 Å². The van der Waals surface area contributed by atoms with Gasteiger partial charge in [-0.1, -0.05) is 6.92 Å². The van der Waals surface area contributed by atoms with Crippen molar-refractivity contribution >= 4 is 11.9 Å². The lowest BCUT2D eigenvalue weighted by atomic mass is 9.79. The molecule has 0 aromatic rings. The summed E-state index contributed by atoms with van der Waals surface area (Å²) >= 11 is 0. The second-order valence-corrected chi connectivity index (χ2v) is 6.87. The van der Waals surface area contributed by atoms with Crippen LogP contribution in [0.1, 0.15) is 52.9 Å². The highest BCUT2D eigenvalue weighted by Gasteiger charge is 2.49. The summed E-state index contributed by atoms with van der Waals surface area (Å²) in [5, 5.41) is 0. The van der Waals surface area contributed by atoms with Gasteiger partial charge >= 0.3 is 11.9 Å². The maximum Gasteiger partial charge on any atom is 0.310 e. The molecule has 1 spiro atoms. The maximum atomic E-state index is 12.6. The third-order valence-electron chi connectivity index (χ3n) is 5.11. The largest absolute Gasteiger partial charge is 0.466 e. The van der Waals surface area contributed by atoms with Gasteiger partial charge in [-0.25, -0.2) is 0 Å². The van der Waals surface area contributed by atoms with Gasteiger partial charge in [-0.15, -0.1) is 0 Å². The molecule has 2 rings (SSSR count). The Morgan fingerprint density at radius 2 is 1.77 bits per heavy atom. The number of carbonyl (C=O) groups is 2. The number of rotatable bonds is 9. The number of carbonyl (C=O) groups excluding carboxylic acids is 2. The minimum atomic E-state index is -0.646. The highest BCUT2D eigenvalue weighted by Crippen LogP contribution is 2.41. The molecule has 7 nitrogen and oxygen atoms in total. The Hall–Kier alpha value is -1.18. The average molecular weight is 371 g/mol. The highest BCUT2D eigenvalue weighted by atomic mass is 16.7. The van der Waals surface area contributed by atoms with Crippen LogP contribution in [0.15, 0.2) is 0 Å². The standard InChI is InChI=1S/C19H33NO6/c1-4-10-20(11-8-17(21)23-5-2)16-7-9-19(25-12-13-26-19)14-15(16)18(22)24-6-3/h15-16H,4-14H2,1-3H3/t15-,16-/m1/s1. The van der Waals surface area contributed by atoms with Gasteiger partial charge in [-0.3, -0.25) is 14.5 Å². The van der Waals surface area contributed by atoms with Crippen molar-refractivity contribution < 1.29 is 28.5 Å². The van der Waals surface area contributed by atoms with Crippen LogP contribution in [-0.2, 0) is 28.5 Å². The van der Waals surface area contributed by atoms with E-state index >= 15 is 0 Å². The molecule has 0 radical (unpaired) electrons. The van der Waals surface area contributed by atoms with Crippen LogP contribution in [-0.4, -0.2) is 68.2 Å². The Kier molecular flexibility index (Phi) is 8.31.